The number of rotatable bonds is 8. The Morgan fingerprint density at radius 3 is 2.59 bits per heavy atom. The maximum absolute atomic E-state index is 13.4. The van der Waals surface area contributed by atoms with E-state index in [0.717, 1.165) is 49.2 Å². The van der Waals surface area contributed by atoms with E-state index in [1.165, 1.54) is 0 Å². The first-order chi connectivity index (χ1) is 19.9. The number of fused-ring (bicyclic) bond motifs is 1. The zero-order valence-corrected chi connectivity index (χ0v) is 24.0. The smallest absolute Gasteiger partial charge is 0.265 e. The fraction of sp³-hybridized carbons (Fsp3) is 0.364. The van der Waals surface area contributed by atoms with Crippen molar-refractivity contribution in [1.82, 2.24) is 9.80 Å². The molecule has 2 aliphatic heterocycles. The minimum Gasteiger partial charge on any atom is -0.479 e. The van der Waals surface area contributed by atoms with Gasteiger partial charge in [-0.1, -0.05) is 36.4 Å². The third-order valence-corrected chi connectivity index (χ3v) is 7.94. The minimum absolute atomic E-state index is 0.00762. The predicted molar refractivity (Wildman–Crippen MR) is 161 cm³/mol. The van der Waals surface area contributed by atoms with Gasteiger partial charge in [-0.25, -0.2) is 0 Å². The average molecular weight is 555 g/mol. The third-order valence-electron chi connectivity index (χ3n) is 7.94. The van der Waals surface area contributed by atoms with Gasteiger partial charge in [-0.15, -0.1) is 0 Å². The Kier molecular flexibility index (Phi) is 8.69. The van der Waals surface area contributed by atoms with E-state index in [2.05, 4.69) is 27.7 Å². The molecule has 2 heterocycles. The second-order valence-corrected chi connectivity index (χ2v) is 10.7. The summed E-state index contributed by atoms with van der Waals surface area (Å²) < 4.78 is 5.63. The predicted octanol–water partition coefficient (Wildman–Crippen LogP) is 5.41. The summed E-state index contributed by atoms with van der Waals surface area (Å²) in [6, 6.07) is 21.2. The molecule has 5 rings (SSSR count). The fourth-order valence-electron chi connectivity index (χ4n) is 5.69. The van der Waals surface area contributed by atoms with Crippen molar-refractivity contribution in [2.24, 2.45) is 5.92 Å². The largest absolute Gasteiger partial charge is 0.479 e. The molecule has 2 atom stereocenters. The van der Waals surface area contributed by atoms with Gasteiger partial charge in [-0.05, 0) is 87.2 Å². The molecule has 0 aromatic heterocycles. The maximum atomic E-state index is 13.4. The van der Waals surface area contributed by atoms with E-state index in [1.54, 1.807) is 25.1 Å². The van der Waals surface area contributed by atoms with Crippen molar-refractivity contribution < 1.29 is 19.1 Å². The number of piperidine rings is 1. The van der Waals surface area contributed by atoms with Crippen molar-refractivity contribution in [3.63, 3.8) is 0 Å². The van der Waals surface area contributed by atoms with Crippen LogP contribution in [-0.2, 0) is 16.1 Å². The van der Waals surface area contributed by atoms with Crippen molar-refractivity contribution in [3.05, 3.63) is 77.9 Å². The van der Waals surface area contributed by atoms with Crippen LogP contribution in [0.15, 0.2) is 66.7 Å². The van der Waals surface area contributed by atoms with Gasteiger partial charge in [0.15, 0.2) is 6.10 Å². The van der Waals surface area contributed by atoms with Gasteiger partial charge in [-0.2, -0.15) is 0 Å². The Morgan fingerprint density at radius 2 is 1.83 bits per heavy atom. The van der Waals surface area contributed by atoms with Crippen LogP contribution in [0.1, 0.15) is 49.5 Å². The molecule has 0 bridgehead atoms. The molecule has 2 unspecified atom stereocenters. The van der Waals surface area contributed by atoms with Crippen molar-refractivity contribution in [2.75, 3.05) is 36.8 Å². The Morgan fingerprint density at radius 1 is 1.05 bits per heavy atom. The van der Waals surface area contributed by atoms with E-state index in [1.807, 2.05) is 55.1 Å². The van der Waals surface area contributed by atoms with Gasteiger partial charge in [0.1, 0.15) is 5.75 Å². The topological polar surface area (TPSA) is 91.0 Å². The highest BCUT2D eigenvalue weighted by Gasteiger charge is 2.29. The van der Waals surface area contributed by atoms with Crippen LogP contribution in [0.25, 0.3) is 11.1 Å². The van der Waals surface area contributed by atoms with Crippen LogP contribution in [-0.4, -0.2) is 59.8 Å². The maximum Gasteiger partial charge on any atom is 0.265 e. The number of likely N-dealkylation sites (tertiary alicyclic amines) is 1. The van der Waals surface area contributed by atoms with E-state index in [-0.39, 0.29) is 23.6 Å². The zero-order chi connectivity index (χ0) is 28.9. The minimum atomic E-state index is -0.560. The van der Waals surface area contributed by atoms with E-state index in [9.17, 15) is 14.4 Å². The van der Waals surface area contributed by atoms with Gasteiger partial charge < -0.3 is 20.3 Å². The lowest BCUT2D eigenvalue weighted by atomic mass is 9.93. The summed E-state index contributed by atoms with van der Waals surface area (Å²) in [5, 5.41) is 5.78. The van der Waals surface area contributed by atoms with Crippen LogP contribution >= 0.6 is 0 Å². The van der Waals surface area contributed by atoms with Crippen LogP contribution in [0.4, 0.5) is 11.4 Å². The number of nitrogens with one attached hydrogen (secondary N) is 2. The molecule has 1 fully saturated rings. The Bertz CT molecular complexity index is 1420. The molecule has 1 saturated heterocycles. The lowest BCUT2D eigenvalue weighted by Gasteiger charge is -2.35. The molecular formula is C33H38N4O4. The molecule has 0 aliphatic carbocycles. The highest BCUT2D eigenvalue weighted by Crippen LogP contribution is 2.33. The van der Waals surface area contributed by atoms with Crippen molar-refractivity contribution >= 4 is 29.1 Å². The highest BCUT2D eigenvalue weighted by atomic mass is 16.5. The van der Waals surface area contributed by atoms with Crippen molar-refractivity contribution in [3.8, 4) is 16.9 Å². The van der Waals surface area contributed by atoms with Crippen molar-refractivity contribution in [2.45, 2.75) is 46.3 Å². The van der Waals surface area contributed by atoms with E-state index < -0.39 is 6.10 Å². The molecule has 3 aromatic carbocycles. The number of carbonyl (C=O) groups excluding carboxylic acids is 3. The van der Waals surface area contributed by atoms with Crippen LogP contribution < -0.4 is 15.4 Å². The number of amides is 3. The van der Waals surface area contributed by atoms with E-state index in [4.69, 9.17) is 4.74 Å². The first-order valence-electron chi connectivity index (χ1n) is 14.5. The second-order valence-electron chi connectivity index (χ2n) is 10.7. The normalized spacial score (nSPS) is 18.6. The van der Waals surface area contributed by atoms with Gasteiger partial charge in [0.05, 0.1) is 11.6 Å². The Balaban J connectivity index is 1.37. The van der Waals surface area contributed by atoms with Crippen LogP contribution in [0.3, 0.4) is 0 Å². The van der Waals surface area contributed by atoms with Gasteiger partial charge >= 0.3 is 0 Å². The Labute approximate surface area is 241 Å². The number of carbonyl (C=O) groups is 3. The molecule has 0 radical (unpaired) electrons. The number of anilines is 2. The summed E-state index contributed by atoms with van der Waals surface area (Å²) in [6.07, 6.45) is 1.32. The SMILES string of the molecule is CCN(CC)C(=O)C1CCCN(Cc2cc(C(=O)Nc3ccc4c(c3)NC(=O)C(C)O4)ccc2-c2ccccc2)C1. The molecule has 3 amide bonds. The summed E-state index contributed by atoms with van der Waals surface area (Å²) in [7, 11) is 0. The molecule has 41 heavy (non-hydrogen) atoms. The Hall–Kier alpha value is -4.17. The van der Waals surface area contributed by atoms with E-state index >= 15 is 0 Å². The van der Waals surface area contributed by atoms with E-state index in [0.29, 0.717) is 35.8 Å². The molecule has 8 nitrogen and oxygen atoms in total. The molecule has 2 N–H and O–H groups in total. The summed E-state index contributed by atoms with van der Waals surface area (Å²) in [4.78, 5) is 42.8. The van der Waals surface area contributed by atoms with Gasteiger partial charge in [-0.3, -0.25) is 19.3 Å². The van der Waals surface area contributed by atoms with Crippen LogP contribution in [0, 0.1) is 5.92 Å². The molecule has 3 aromatic rings. The van der Waals surface area contributed by atoms with Gasteiger partial charge in [0.25, 0.3) is 11.8 Å². The molecular weight excluding hydrogens is 516 g/mol. The average Bonchev–Trinajstić information content (AvgIpc) is 2.99. The standard InChI is InChI=1S/C33H38N4O4/c1-4-37(5-2)33(40)25-12-9-17-36(20-25)21-26-18-24(13-15-28(26)23-10-7-6-8-11-23)32(39)34-27-14-16-30-29(19-27)35-31(38)22(3)41-30/h6-8,10-11,13-16,18-19,22,25H,4-5,9,12,17,20-21H2,1-3H3,(H,34,39)(H,35,38). The molecule has 2 aliphatic rings. The van der Waals surface area contributed by atoms with Gasteiger partial charge in [0.2, 0.25) is 5.91 Å². The number of hydrogen-bond acceptors (Lipinski definition) is 5. The summed E-state index contributed by atoms with van der Waals surface area (Å²) in [6.45, 7) is 9.47. The second kappa shape index (κ2) is 12.6. The quantitative estimate of drug-likeness (QED) is 0.389. The third kappa shape index (κ3) is 6.43. The summed E-state index contributed by atoms with van der Waals surface area (Å²) >= 11 is 0. The lowest BCUT2D eigenvalue weighted by Crippen LogP contribution is -2.44. The zero-order valence-electron chi connectivity index (χ0n) is 24.0. The molecule has 8 heteroatoms. The molecule has 214 valence electrons. The summed E-state index contributed by atoms with van der Waals surface area (Å²) in [5.74, 6) is 0.337. The number of ether oxygens (including phenoxy) is 1. The number of benzene rings is 3. The number of hydrogen-bond donors (Lipinski definition) is 2. The molecule has 0 spiro atoms. The number of nitrogens with zero attached hydrogens (tertiary/aromatic N) is 2. The van der Waals surface area contributed by atoms with Crippen LogP contribution in [0.2, 0.25) is 0 Å². The van der Waals surface area contributed by atoms with Crippen LogP contribution in [0.5, 0.6) is 5.75 Å². The van der Waals surface area contributed by atoms with Gasteiger partial charge in [0, 0.05) is 37.4 Å². The fourth-order valence-corrected chi connectivity index (χ4v) is 5.69. The van der Waals surface area contributed by atoms with Crippen molar-refractivity contribution in [1.29, 1.82) is 0 Å². The monoisotopic (exact) mass is 554 g/mol. The first kappa shape index (κ1) is 28.4. The lowest BCUT2D eigenvalue weighted by molar-refractivity contribution is -0.137. The highest BCUT2D eigenvalue weighted by molar-refractivity contribution is 6.05. The summed E-state index contributed by atoms with van der Waals surface area (Å²) in [5.41, 5.74) is 4.84. The first-order valence-corrected chi connectivity index (χ1v) is 14.5. The molecule has 0 saturated carbocycles.